The van der Waals surface area contributed by atoms with Crippen molar-refractivity contribution in [1.82, 2.24) is 28.6 Å². The monoisotopic (exact) mass is 612 g/mol. The molecule has 2 saturated heterocycles. The lowest BCUT2D eigenvalue weighted by atomic mass is 9.97. The molecule has 0 aromatic heterocycles. The van der Waals surface area contributed by atoms with Crippen molar-refractivity contribution in [3.63, 3.8) is 0 Å². The van der Waals surface area contributed by atoms with Crippen molar-refractivity contribution in [3.05, 3.63) is 95.6 Å². The normalized spacial score (nSPS) is 21.2. The van der Waals surface area contributed by atoms with Gasteiger partial charge in [-0.2, -0.15) is 8.61 Å². The molecule has 2 heterocycles. The molecule has 3 aromatic rings. The molecular formula is C28H32N6O6S2. The lowest BCUT2D eigenvalue weighted by Crippen LogP contribution is -2.62. The van der Waals surface area contributed by atoms with Crippen molar-refractivity contribution in [2.75, 3.05) is 28.2 Å². The molecule has 0 spiro atoms. The molecule has 0 unspecified atom stereocenters. The number of carbonyl (C=O) groups is 2. The van der Waals surface area contributed by atoms with Crippen molar-refractivity contribution in [3.8, 4) is 0 Å². The SMILES string of the molecule is Cc1ccc(S(=O)(=O)N2C(=O)N(N(C)C)[C@@]3(c4ccccc4)[C@@H]2N(N(C)C)C(=O)N3S(=O)(=O)c2ccc(C)cc2)cc1. The van der Waals surface area contributed by atoms with Crippen LogP contribution in [0.4, 0.5) is 9.59 Å². The van der Waals surface area contributed by atoms with Gasteiger partial charge in [-0.05, 0) is 38.1 Å². The molecule has 0 aliphatic carbocycles. The Balaban J connectivity index is 1.90. The molecule has 0 saturated carbocycles. The Kier molecular flexibility index (Phi) is 7.08. The van der Waals surface area contributed by atoms with Crippen LogP contribution >= 0.6 is 0 Å². The second-order valence-electron chi connectivity index (χ2n) is 10.6. The lowest BCUT2D eigenvalue weighted by molar-refractivity contribution is -0.0789. The number of urea groups is 2. The minimum absolute atomic E-state index is 0.185. The number of rotatable bonds is 7. The summed E-state index contributed by atoms with van der Waals surface area (Å²) >= 11 is 0. The van der Waals surface area contributed by atoms with E-state index in [1.165, 1.54) is 62.5 Å². The van der Waals surface area contributed by atoms with E-state index < -0.39 is 43.9 Å². The maximum atomic E-state index is 14.5. The summed E-state index contributed by atoms with van der Waals surface area (Å²) in [6.07, 6.45) is -1.66. The van der Waals surface area contributed by atoms with Crippen LogP contribution in [-0.2, 0) is 25.7 Å². The predicted molar refractivity (Wildman–Crippen MR) is 154 cm³/mol. The number of hydrogen-bond donors (Lipinski definition) is 0. The highest BCUT2D eigenvalue weighted by Crippen LogP contribution is 2.54. The Morgan fingerprint density at radius 2 is 1.12 bits per heavy atom. The maximum Gasteiger partial charge on any atom is 0.353 e. The highest BCUT2D eigenvalue weighted by Gasteiger charge is 2.77. The molecule has 5 rings (SSSR count). The molecule has 2 atom stereocenters. The number of aryl methyl sites for hydroxylation is 2. The zero-order chi connectivity index (χ0) is 30.8. The molecule has 0 N–H and O–H groups in total. The average molecular weight is 613 g/mol. The topological polar surface area (TPSA) is 122 Å². The third kappa shape index (κ3) is 4.08. The van der Waals surface area contributed by atoms with E-state index in [1.54, 1.807) is 68.4 Å². The number of carbonyl (C=O) groups excluding carboxylic acids is 2. The Bertz CT molecular complexity index is 1740. The number of nitrogens with zero attached hydrogens (tertiary/aromatic N) is 6. The van der Waals surface area contributed by atoms with Gasteiger partial charge in [-0.3, -0.25) is 0 Å². The van der Waals surface area contributed by atoms with Crippen molar-refractivity contribution in [2.24, 2.45) is 0 Å². The molecule has 2 aliphatic rings. The van der Waals surface area contributed by atoms with E-state index in [1.807, 2.05) is 0 Å². The van der Waals surface area contributed by atoms with Crippen LogP contribution in [0.1, 0.15) is 16.7 Å². The molecule has 0 bridgehead atoms. The standard InChI is InChI=1S/C28H32N6O6S2/c1-20-12-16-23(17-13-20)41(37,38)32-25-28(22-10-8-7-9-11-22,33(27(32)36)30(5)6)34(26(35)31(25)29(3)4)42(39,40)24-18-14-21(2)15-19-24/h7-19,25H,1-6H3/t25-,28-/m1/s1. The van der Waals surface area contributed by atoms with Gasteiger partial charge < -0.3 is 0 Å². The van der Waals surface area contributed by atoms with Crippen molar-refractivity contribution < 1.29 is 26.4 Å². The molecule has 12 nitrogen and oxygen atoms in total. The highest BCUT2D eigenvalue weighted by atomic mass is 32.2. The first kappa shape index (κ1) is 29.5. The number of fused-ring (bicyclic) bond motifs is 1. The Morgan fingerprint density at radius 3 is 1.57 bits per heavy atom. The lowest BCUT2D eigenvalue weighted by Gasteiger charge is -2.43. The van der Waals surface area contributed by atoms with E-state index in [0.29, 0.717) is 8.61 Å². The van der Waals surface area contributed by atoms with Gasteiger partial charge in [0.05, 0.1) is 9.79 Å². The highest BCUT2D eigenvalue weighted by molar-refractivity contribution is 7.90. The first-order chi connectivity index (χ1) is 19.7. The minimum Gasteiger partial charge on any atom is -0.246 e. The van der Waals surface area contributed by atoms with E-state index in [9.17, 15) is 26.4 Å². The molecule has 3 aromatic carbocycles. The van der Waals surface area contributed by atoms with Gasteiger partial charge in [0, 0.05) is 33.8 Å². The summed E-state index contributed by atoms with van der Waals surface area (Å²) in [4.78, 5) is 28.4. The minimum atomic E-state index is -4.69. The van der Waals surface area contributed by atoms with Gasteiger partial charge in [-0.1, -0.05) is 65.7 Å². The van der Waals surface area contributed by atoms with Gasteiger partial charge in [0.1, 0.15) is 0 Å². The summed E-state index contributed by atoms with van der Waals surface area (Å²) < 4.78 is 58.9. The van der Waals surface area contributed by atoms with Crippen LogP contribution in [0.5, 0.6) is 0 Å². The summed E-state index contributed by atoms with van der Waals surface area (Å²) in [5, 5.41) is 4.61. The number of benzene rings is 3. The Morgan fingerprint density at radius 1 is 0.643 bits per heavy atom. The van der Waals surface area contributed by atoms with Crippen LogP contribution in [0.15, 0.2) is 88.7 Å². The van der Waals surface area contributed by atoms with Crippen LogP contribution in [0.3, 0.4) is 0 Å². The fourth-order valence-electron chi connectivity index (χ4n) is 5.52. The zero-order valence-corrected chi connectivity index (χ0v) is 25.7. The molecule has 14 heteroatoms. The number of amides is 4. The van der Waals surface area contributed by atoms with E-state index in [4.69, 9.17) is 0 Å². The zero-order valence-electron chi connectivity index (χ0n) is 24.0. The van der Waals surface area contributed by atoms with Gasteiger partial charge in [0.25, 0.3) is 20.0 Å². The van der Waals surface area contributed by atoms with Crippen LogP contribution < -0.4 is 0 Å². The second kappa shape index (κ2) is 10.1. The van der Waals surface area contributed by atoms with Crippen molar-refractivity contribution in [1.29, 1.82) is 0 Å². The first-order valence-corrected chi connectivity index (χ1v) is 15.9. The fourth-order valence-corrected chi connectivity index (χ4v) is 8.63. The summed E-state index contributed by atoms with van der Waals surface area (Å²) in [5.74, 6) is 0. The van der Waals surface area contributed by atoms with Crippen molar-refractivity contribution in [2.45, 2.75) is 35.5 Å². The fraction of sp³-hybridized carbons (Fsp3) is 0.286. The molecular weight excluding hydrogens is 580 g/mol. The van der Waals surface area contributed by atoms with Crippen LogP contribution in [0, 0.1) is 13.8 Å². The maximum absolute atomic E-state index is 14.5. The summed E-state index contributed by atoms with van der Waals surface area (Å²) in [7, 11) is -3.38. The summed E-state index contributed by atoms with van der Waals surface area (Å²) in [6, 6.07) is 17.9. The summed E-state index contributed by atoms with van der Waals surface area (Å²) in [6.45, 7) is 3.59. The van der Waals surface area contributed by atoms with E-state index in [-0.39, 0.29) is 15.4 Å². The Hall–Kier alpha value is -3.98. The quantitative estimate of drug-likeness (QED) is 0.399. The largest absolute Gasteiger partial charge is 0.353 e. The van der Waals surface area contributed by atoms with E-state index >= 15 is 0 Å². The number of sulfonamides is 2. The molecule has 2 aliphatic heterocycles. The van der Waals surface area contributed by atoms with Gasteiger partial charge in [-0.25, -0.2) is 46.5 Å². The number of hydrogen-bond acceptors (Lipinski definition) is 8. The molecule has 42 heavy (non-hydrogen) atoms. The van der Waals surface area contributed by atoms with Crippen LogP contribution in [0.2, 0.25) is 0 Å². The van der Waals surface area contributed by atoms with Crippen LogP contribution in [-0.4, -0.2) is 91.9 Å². The third-order valence-corrected chi connectivity index (χ3v) is 10.9. The average Bonchev–Trinajstić information content (AvgIpc) is 3.34. The molecule has 2 fully saturated rings. The van der Waals surface area contributed by atoms with Crippen molar-refractivity contribution >= 4 is 32.1 Å². The molecule has 0 radical (unpaired) electrons. The smallest absolute Gasteiger partial charge is 0.246 e. The Labute approximate surface area is 246 Å². The molecule has 4 amide bonds. The number of hydrazine groups is 2. The van der Waals surface area contributed by atoms with Gasteiger partial charge in [-0.15, -0.1) is 0 Å². The van der Waals surface area contributed by atoms with Crippen LogP contribution in [0.25, 0.3) is 0 Å². The predicted octanol–water partition coefficient (Wildman–Crippen LogP) is 2.99. The first-order valence-electron chi connectivity index (χ1n) is 13.0. The van der Waals surface area contributed by atoms with E-state index in [0.717, 1.165) is 21.1 Å². The van der Waals surface area contributed by atoms with E-state index in [2.05, 4.69) is 0 Å². The third-order valence-electron chi connectivity index (χ3n) is 7.35. The van der Waals surface area contributed by atoms with Gasteiger partial charge in [0.15, 0.2) is 6.17 Å². The van der Waals surface area contributed by atoms with Gasteiger partial charge >= 0.3 is 12.1 Å². The summed E-state index contributed by atoms with van der Waals surface area (Å²) in [5.41, 5.74) is -0.359. The second-order valence-corrected chi connectivity index (χ2v) is 14.2. The molecule has 222 valence electrons. The van der Waals surface area contributed by atoms with Gasteiger partial charge in [0.2, 0.25) is 5.66 Å².